The average molecular weight is 609 g/mol. The highest BCUT2D eigenvalue weighted by Crippen LogP contribution is 2.46. The van der Waals surface area contributed by atoms with Gasteiger partial charge in [-0.05, 0) is 47.9 Å². The minimum atomic E-state index is -3.94. The van der Waals surface area contributed by atoms with Gasteiger partial charge >= 0.3 is 0 Å². The van der Waals surface area contributed by atoms with Gasteiger partial charge in [-0.3, -0.25) is 14.3 Å². The summed E-state index contributed by atoms with van der Waals surface area (Å²) in [6.07, 6.45) is -0.0525. The maximum Gasteiger partial charge on any atom is 0.262 e. The largest absolute Gasteiger partial charge is 0.493 e. The van der Waals surface area contributed by atoms with E-state index in [4.69, 9.17) is 9.47 Å². The maximum atomic E-state index is 13.8. The number of amides is 2. The van der Waals surface area contributed by atoms with Crippen molar-refractivity contribution in [2.24, 2.45) is 0 Å². The summed E-state index contributed by atoms with van der Waals surface area (Å²) in [5, 5.41) is 3.73. The number of rotatable bonds is 10. The molecule has 5 aromatic rings. The summed E-state index contributed by atoms with van der Waals surface area (Å²) in [5.41, 5.74) is 3.07. The zero-order chi connectivity index (χ0) is 30.8. The summed E-state index contributed by atoms with van der Waals surface area (Å²) < 4.78 is 39.9. The topological polar surface area (TPSA) is 102 Å². The summed E-state index contributed by atoms with van der Waals surface area (Å²) in [5.74, 6) is 0.0198. The van der Waals surface area contributed by atoms with E-state index in [1.807, 2.05) is 80.6 Å². The average Bonchev–Trinajstić information content (AvgIpc) is 3.35. The molecule has 6 rings (SSSR count). The van der Waals surface area contributed by atoms with Gasteiger partial charge in [0.15, 0.2) is 0 Å². The van der Waals surface area contributed by atoms with Crippen molar-refractivity contribution < 1.29 is 27.5 Å². The standard InChI is InChI=1S/C35H32N2O6S/c1-3-42-33-28-11-7-8-12-29(28)34(43-4-2)32-30(33)21-37(35(32)39)27-17-14-23(15-18-27)22-44(40,41)36-31(38)20-24-13-16-25-9-5-6-10-26(25)19-24/h5-19H,3-4,20-22H2,1-2H3,(H,36,38). The van der Waals surface area contributed by atoms with Crippen LogP contribution in [0.25, 0.3) is 21.5 Å². The zero-order valence-electron chi connectivity index (χ0n) is 24.5. The number of nitrogens with zero attached hydrogens (tertiary/aromatic N) is 1. The number of fused-ring (bicyclic) bond motifs is 3. The van der Waals surface area contributed by atoms with E-state index in [2.05, 4.69) is 4.72 Å². The lowest BCUT2D eigenvalue weighted by molar-refractivity contribution is -0.118. The Morgan fingerprint density at radius 1 is 0.795 bits per heavy atom. The van der Waals surface area contributed by atoms with Crippen LogP contribution in [0.4, 0.5) is 5.69 Å². The second kappa shape index (κ2) is 12.0. The Bertz CT molecular complexity index is 2000. The smallest absolute Gasteiger partial charge is 0.262 e. The third-order valence-electron chi connectivity index (χ3n) is 7.62. The Morgan fingerprint density at radius 2 is 1.41 bits per heavy atom. The van der Waals surface area contributed by atoms with Crippen molar-refractivity contribution in [2.75, 3.05) is 18.1 Å². The fraction of sp³-hybridized carbons (Fsp3) is 0.200. The van der Waals surface area contributed by atoms with Crippen LogP contribution in [0.15, 0.2) is 91.0 Å². The van der Waals surface area contributed by atoms with E-state index in [1.165, 1.54) is 0 Å². The molecule has 1 N–H and O–H groups in total. The molecule has 224 valence electrons. The number of sulfonamides is 1. The van der Waals surface area contributed by atoms with Crippen LogP contribution in [-0.4, -0.2) is 33.4 Å². The molecule has 0 aromatic heterocycles. The van der Waals surface area contributed by atoms with Crippen molar-refractivity contribution in [2.45, 2.75) is 32.6 Å². The van der Waals surface area contributed by atoms with E-state index in [1.54, 1.807) is 29.2 Å². The molecule has 0 radical (unpaired) electrons. The predicted molar refractivity (Wildman–Crippen MR) is 172 cm³/mol. The molecule has 0 spiro atoms. The predicted octanol–water partition coefficient (Wildman–Crippen LogP) is 6.14. The Hall–Kier alpha value is -4.89. The molecule has 0 saturated heterocycles. The summed E-state index contributed by atoms with van der Waals surface area (Å²) in [7, 11) is -3.94. The van der Waals surface area contributed by atoms with Gasteiger partial charge in [0.05, 0.1) is 37.5 Å². The SMILES string of the molecule is CCOc1c2c(c(OCC)c3ccccc13)C(=O)N(c1ccc(CS(=O)(=O)NC(=O)Cc3ccc4ccccc4c3)cc1)C2. The van der Waals surface area contributed by atoms with Gasteiger partial charge in [0.2, 0.25) is 15.9 Å². The van der Waals surface area contributed by atoms with E-state index in [0.29, 0.717) is 41.5 Å². The number of benzene rings is 5. The number of carbonyl (C=O) groups excluding carboxylic acids is 2. The van der Waals surface area contributed by atoms with Gasteiger partial charge in [0.1, 0.15) is 11.5 Å². The molecule has 0 atom stereocenters. The molecular weight excluding hydrogens is 576 g/mol. The first kappa shape index (κ1) is 29.2. The molecule has 0 fully saturated rings. The molecule has 8 nitrogen and oxygen atoms in total. The van der Waals surface area contributed by atoms with Crippen molar-refractivity contribution in [3.63, 3.8) is 0 Å². The summed E-state index contributed by atoms with van der Waals surface area (Å²) in [6, 6.07) is 27.9. The lowest BCUT2D eigenvalue weighted by Gasteiger charge is -2.16. The number of hydrogen-bond acceptors (Lipinski definition) is 6. The molecule has 0 bridgehead atoms. The first-order chi connectivity index (χ1) is 21.3. The maximum absolute atomic E-state index is 13.8. The molecule has 1 heterocycles. The number of anilines is 1. The normalized spacial score (nSPS) is 12.9. The second-order valence-electron chi connectivity index (χ2n) is 10.6. The van der Waals surface area contributed by atoms with Crippen LogP contribution in [0.3, 0.4) is 0 Å². The van der Waals surface area contributed by atoms with Gasteiger partial charge in [-0.2, -0.15) is 0 Å². The molecule has 44 heavy (non-hydrogen) atoms. The van der Waals surface area contributed by atoms with Crippen LogP contribution in [-0.2, 0) is 33.5 Å². The van der Waals surface area contributed by atoms with Gasteiger partial charge in [-0.1, -0.05) is 78.9 Å². The van der Waals surface area contributed by atoms with E-state index in [-0.39, 0.29) is 24.6 Å². The van der Waals surface area contributed by atoms with Gasteiger partial charge in [-0.25, -0.2) is 8.42 Å². The van der Waals surface area contributed by atoms with Gasteiger partial charge in [0, 0.05) is 22.0 Å². The van der Waals surface area contributed by atoms with Gasteiger partial charge in [-0.15, -0.1) is 0 Å². The molecule has 0 unspecified atom stereocenters. The fourth-order valence-electron chi connectivity index (χ4n) is 5.75. The summed E-state index contributed by atoms with van der Waals surface area (Å²) in [6.45, 7) is 4.93. The molecule has 0 aliphatic carbocycles. The second-order valence-corrected chi connectivity index (χ2v) is 12.3. The van der Waals surface area contributed by atoms with Crippen LogP contribution >= 0.6 is 0 Å². The molecule has 0 saturated carbocycles. The van der Waals surface area contributed by atoms with Crippen molar-refractivity contribution >= 4 is 49.1 Å². The highest BCUT2D eigenvalue weighted by Gasteiger charge is 2.36. The molecule has 2 amide bonds. The van der Waals surface area contributed by atoms with E-state index < -0.39 is 15.9 Å². The van der Waals surface area contributed by atoms with Crippen molar-refractivity contribution in [1.29, 1.82) is 0 Å². The van der Waals surface area contributed by atoms with Gasteiger partial charge in [0.25, 0.3) is 5.91 Å². The first-order valence-corrected chi connectivity index (χ1v) is 16.2. The molecular formula is C35H32N2O6S. The Balaban J connectivity index is 1.18. The monoisotopic (exact) mass is 608 g/mol. The van der Waals surface area contributed by atoms with Crippen molar-refractivity contribution in [3.05, 3.63) is 113 Å². The highest BCUT2D eigenvalue weighted by atomic mass is 32.2. The summed E-state index contributed by atoms with van der Waals surface area (Å²) in [4.78, 5) is 28.0. The van der Waals surface area contributed by atoms with Crippen LogP contribution in [0.5, 0.6) is 11.5 Å². The quantitative estimate of drug-likeness (QED) is 0.204. The Kier molecular flexibility index (Phi) is 7.97. The van der Waals surface area contributed by atoms with Crippen LogP contribution < -0.4 is 19.1 Å². The molecule has 1 aliphatic rings. The van der Waals surface area contributed by atoms with Crippen LogP contribution in [0, 0.1) is 0 Å². The Morgan fingerprint density at radius 3 is 2.11 bits per heavy atom. The molecule has 5 aromatic carbocycles. The third-order valence-corrected chi connectivity index (χ3v) is 8.88. The number of hydrogen-bond donors (Lipinski definition) is 1. The highest BCUT2D eigenvalue weighted by molar-refractivity contribution is 7.89. The summed E-state index contributed by atoms with van der Waals surface area (Å²) >= 11 is 0. The first-order valence-electron chi connectivity index (χ1n) is 14.5. The fourth-order valence-corrected chi connectivity index (χ4v) is 6.87. The van der Waals surface area contributed by atoms with Crippen molar-refractivity contribution in [3.8, 4) is 11.5 Å². The lowest BCUT2D eigenvalue weighted by atomic mass is 9.99. The Labute approximate surface area is 256 Å². The number of nitrogens with one attached hydrogen (secondary N) is 1. The molecule has 9 heteroatoms. The minimum absolute atomic E-state index is 0.0525. The van der Waals surface area contributed by atoms with Crippen LogP contribution in [0.2, 0.25) is 0 Å². The van der Waals surface area contributed by atoms with E-state index >= 15 is 0 Å². The lowest BCUT2D eigenvalue weighted by Crippen LogP contribution is -2.32. The van der Waals surface area contributed by atoms with E-state index in [0.717, 1.165) is 32.7 Å². The third kappa shape index (κ3) is 5.70. The number of carbonyl (C=O) groups is 2. The van der Waals surface area contributed by atoms with Crippen molar-refractivity contribution in [1.82, 2.24) is 4.72 Å². The minimum Gasteiger partial charge on any atom is -0.493 e. The molecule has 1 aliphatic heterocycles. The number of ether oxygens (including phenoxy) is 2. The zero-order valence-corrected chi connectivity index (χ0v) is 25.3. The van der Waals surface area contributed by atoms with Crippen LogP contribution in [0.1, 0.15) is 40.9 Å². The van der Waals surface area contributed by atoms with Gasteiger partial charge < -0.3 is 14.4 Å². The van der Waals surface area contributed by atoms with E-state index in [9.17, 15) is 18.0 Å².